The summed E-state index contributed by atoms with van der Waals surface area (Å²) in [5, 5.41) is 11.8. The zero-order chi connectivity index (χ0) is 24.0. The number of aliphatic hydroxyl groups excluding tert-OH is 1. The summed E-state index contributed by atoms with van der Waals surface area (Å²) < 4.78 is 63.1. The van der Waals surface area contributed by atoms with Crippen molar-refractivity contribution in [2.24, 2.45) is 0 Å². The second-order valence-electron chi connectivity index (χ2n) is 6.74. The molecule has 2 aromatic carbocycles. The Morgan fingerprint density at radius 2 is 1.94 bits per heavy atom. The van der Waals surface area contributed by atoms with E-state index in [1.165, 1.54) is 24.4 Å². The third-order valence-electron chi connectivity index (χ3n) is 4.34. The van der Waals surface area contributed by atoms with Crippen molar-refractivity contribution in [1.82, 2.24) is 4.98 Å². The van der Waals surface area contributed by atoms with Crippen molar-refractivity contribution in [2.45, 2.75) is 19.5 Å². The largest absolute Gasteiger partial charge is 0.490 e. The highest BCUT2D eigenvalue weighted by molar-refractivity contribution is 7.15. The Labute approximate surface area is 190 Å². The van der Waals surface area contributed by atoms with E-state index in [2.05, 4.69) is 10.3 Å². The molecule has 0 unspecified atom stereocenters. The van der Waals surface area contributed by atoms with Crippen molar-refractivity contribution in [3.63, 3.8) is 0 Å². The first-order valence-electron chi connectivity index (χ1n) is 9.83. The summed E-state index contributed by atoms with van der Waals surface area (Å²) in [5.74, 6) is -1.08. The van der Waals surface area contributed by atoms with E-state index in [9.17, 15) is 22.4 Å². The summed E-state index contributed by atoms with van der Waals surface area (Å²) in [6, 6.07) is 7.41. The van der Waals surface area contributed by atoms with Crippen molar-refractivity contribution in [3.05, 3.63) is 70.0 Å². The summed E-state index contributed by atoms with van der Waals surface area (Å²) >= 11 is 1.09. The number of amides is 1. The van der Waals surface area contributed by atoms with Crippen LogP contribution in [-0.4, -0.2) is 35.8 Å². The van der Waals surface area contributed by atoms with Gasteiger partial charge in [-0.15, -0.1) is 11.3 Å². The van der Waals surface area contributed by atoms with E-state index < -0.39 is 23.5 Å². The zero-order valence-corrected chi connectivity index (χ0v) is 18.2. The van der Waals surface area contributed by atoms with Crippen LogP contribution in [0, 0.1) is 5.82 Å². The smallest absolute Gasteiger partial charge is 0.419 e. The van der Waals surface area contributed by atoms with E-state index >= 15 is 0 Å². The maximum Gasteiger partial charge on any atom is 0.419 e. The summed E-state index contributed by atoms with van der Waals surface area (Å²) in [6.45, 7) is 2.01. The van der Waals surface area contributed by atoms with E-state index in [4.69, 9.17) is 14.6 Å². The van der Waals surface area contributed by atoms with Gasteiger partial charge in [-0.05, 0) is 42.8 Å². The zero-order valence-electron chi connectivity index (χ0n) is 17.4. The first-order valence-corrected chi connectivity index (χ1v) is 10.6. The van der Waals surface area contributed by atoms with Gasteiger partial charge < -0.3 is 14.6 Å². The molecule has 0 radical (unpaired) electrons. The first-order chi connectivity index (χ1) is 15.7. The standard InChI is InChI=1S/C22H20F4N2O4S/c1-2-31-18-6-4-14(11-19(18)32-8-7-29)20(30)28-21-27-12-15(33-21)9-13-3-5-17(23)16(10-13)22(24,25)26/h3-6,10-12,29H,2,7-9H2,1H3,(H,27,28,30). The predicted octanol–water partition coefficient (Wildman–Crippen LogP) is 4.91. The summed E-state index contributed by atoms with van der Waals surface area (Å²) in [7, 11) is 0. The third-order valence-corrected chi connectivity index (χ3v) is 5.26. The minimum Gasteiger partial charge on any atom is -0.490 e. The van der Waals surface area contributed by atoms with E-state index in [-0.39, 0.29) is 35.9 Å². The molecule has 0 aliphatic carbocycles. The molecule has 176 valence electrons. The van der Waals surface area contributed by atoms with E-state index in [0.717, 1.165) is 23.5 Å². The molecule has 0 atom stereocenters. The van der Waals surface area contributed by atoms with E-state index in [0.29, 0.717) is 23.0 Å². The molecule has 0 spiro atoms. The average Bonchev–Trinajstić information content (AvgIpc) is 3.20. The molecule has 0 saturated carbocycles. The van der Waals surface area contributed by atoms with E-state index in [1.807, 2.05) is 0 Å². The number of hydrogen-bond donors (Lipinski definition) is 2. The van der Waals surface area contributed by atoms with Gasteiger partial charge in [0.25, 0.3) is 5.91 Å². The lowest BCUT2D eigenvalue weighted by molar-refractivity contribution is -0.140. The van der Waals surface area contributed by atoms with Crippen LogP contribution in [0.3, 0.4) is 0 Å². The Hall–Kier alpha value is -3.18. The van der Waals surface area contributed by atoms with Gasteiger partial charge in [-0.25, -0.2) is 9.37 Å². The molecule has 6 nitrogen and oxygen atoms in total. The number of thiazole rings is 1. The van der Waals surface area contributed by atoms with Crippen LogP contribution >= 0.6 is 11.3 Å². The van der Waals surface area contributed by atoms with Gasteiger partial charge >= 0.3 is 6.18 Å². The number of carbonyl (C=O) groups excluding carboxylic acids is 1. The van der Waals surface area contributed by atoms with Gasteiger partial charge in [-0.2, -0.15) is 13.2 Å². The predicted molar refractivity (Wildman–Crippen MR) is 114 cm³/mol. The molecule has 3 rings (SSSR count). The molecular weight excluding hydrogens is 464 g/mol. The number of carbonyl (C=O) groups is 1. The lowest BCUT2D eigenvalue weighted by Crippen LogP contribution is -2.12. The Balaban J connectivity index is 1.71. The van der Waals surface area contributed by atoms with Crippen molar-refractivity contribution in [2.75, 3.05) is 25.1 Å². The molecule has 1 heterocycles. The van der Waals surface area contributed by atoms with Crippen LogP contribution in [0.25, 0.3) is 0 Å². The molecule has 0 saturated heterocycles. The highest BCUT2D eigenvalue weighted by atomic mass is 32.1. The summed E-state index contributed by atoms with van der Waals surface area (Å²) in [6.07, 6.45) is -3.26. The van der Waals surface area contributed by atoms with Gasteiger partial charge in [0.2, 0.25) is 0 Å². The average molecular weight is 484 g/mol. The quantitative estimate of drug-likeness (QED) is 0.422. The van der Waals surface area contributed by atoms with Gasteiger partial charge in [-0.3, -0.25) is 10.1 Å². The maximum atomic E-state index is 13.5. The Morgan fingerprint density at radius 3 is 2.64 bits per heavy atom. The van der Waals surface area contributed by atoms with Crippen LogP contribution in [0.2, 0.25) is 0 Å². The lowest BCUT2D eigenvalue weighted by Gasteiger charge is -2.12. The SMILES string of the molecule is CCOc1ccc(C(=O)Nc2ncc(Cc3ccc(F)c(C(F)(F)F)c3)s2)cc1OCCO. The number of benzene rings is 2. The van der Waals surface area contributed by atoms with Gasteiger partial charge in [-0.1, -0.05) is 6.07 Å². The van der Waals surface area contributed by atoms with Crippen LogP contribution in [0.15, 0.2) is 42.6 Å². The van der Waals surface area contributed by atoms with Crippen LogP contribution < -0.4 is 14.8 Å². The van der Waals surface area contributed by atoms with Crippen LogP contribution in [0.1, 0.15) is 33.3 Å². The van der Waals surface area contributed by atoms with Crippen LogP contribution in [-0.2, 0) is 12.6 Å². The minimum absolute atomic E-state index is 0.0282. The van der Waals surface area contributed by atoms with Gasteiger partial charge in [0.1, 0.15) is 12.4 Å². The minimum atomic E-state index is -4.79. The van der Waals surface area contributed by atoms with Crippen molar-refractivity contribution in [1.29, 1.82) is 0 Å². The maximum absolute atomic E-state index is 13.5. The number of aliphatic hydroxyl groups is 1. The lowest BCUT2D eigenvalue weighted by atomic mass is 10.1. The molecule has 0 aliphatic heterocycles. The number of nitrogens with zero attached hydrogens (tertiary/aromatic N) is 1. The number of anilines is 1. The molecule has 1 amide bonds. The van der Waals surface area contributed by atoms with Gasteiger partial charge in [0.05, 0.1) is 18.8 Å². The number of aromatic nitrogens is 1. The van der Waals surface area contributed by atoms with Gasteiger partial charge in [0, 0.05) is 23.1 Å². The number of rotatable bonds is 9. The first kappa shape index (κ1) is 24.5. The van der Waals surface area contributed by atoms with Crippen molar-refractivity contribution in [3.8, 4) is 11.5 Å². The molecule has 2 N–H and O–H groups in total. The number of alkyl halides is 3. The van der Waals surface area contributed by atoms with Crippen LogP contribution in [0.4, 0.5) is 22.7 Å². The van der Waals surface area contributed by atoms with Crippen molar-refractivity contribution >= 4 is 22.4 Å². The fourth-order valence-electron chi connectivity index (χ4n) is 2.91. The fraction of sp³-hybridized carbons (Fsp3) is 0.273. The molecule has 11 heteroatoms. The normalized spacial score (nSPS) is 11.3. The topological polar surface area (TPSA) is 80.7 Å². The highest BCUT2D eigenvalue weighted by Gasteiger charge is 2.34. The molecule has 0 aliphatic rings. The molecule has 3 aromatic rings. The molecule has 33 heavy (non-hydrogen) atoms. The Morgan fingerprint density at radius 1 is 1.15 bits per heavy atom. The molecule has 0 fully saturated rings. The molecular formula is C22H20F4N2O4S. The number of halogens is 4. The fourth-order valence-corrected chi connectivity index (χ4v) is 3.75. The number of ether oxygens (including phenoxy) is 2. The van der Waals surface area contributed by atoms with Gasteiger partial charge in [0.15, 0.2) is 16.6 Å². The van der Waals surface area contributed by atoms with Crippen molar-refractivity contribution < 1.29 is 36.9 Å². The summed E-state index contributed by atoms with van der Waals surface area (Å²) in [5.41, 5.74) is -0.799. The number of hydrogen-bond acceptors (Lipinski definition) is 6. The summed E-state index contributed by atoms with van der Waals surface area (Å²) in [4.78, 5) is 17.3. The Kier molecular flexibility index (Phi) is 7.88. The Bertz CT molecular complexity index is 1120. The number of nitrogens with one attached hydrogen (secondary N) is 1. The third kappa shape index (κ3) is 6.42. The van der Waals surface area contributed by atoms with E-state index in [1.54, 1.807) is 13.0 Å². The van der Waals surface area contributed by atoms with Crippen LogP contribution in [0.5, 0.6) is 11.5 Å². The monoisotopic (exact) mass is 484 g/mol. The highest BCUT2D eigenvalue weighted by Crippen LogP contribution is 2.33. The molecule has 0 bridgehead atoms. The molecule has 1 aromatic heterocycles. The second kappa shape index (κ2) is 10.6. The second-order valence-corrected chi connectivity index (χ2v) is 7.86.